The van der Waals surface area contributed by atoms with E-state index in [9.17, 15) is 8.42 Å². The van der Waals surface area contributed by atoms with Crippen molar-refractivity contribution >= 4 is 15.7 Å². The van der Waals surface area contributed by atoms with Gasteiger partial charge in [0, 0.05) is 12.3 Å². The summed E-state index contributed by atoms with van der Waals surface area (Å²) in [6.45, 7) is 7.48. The van der Waals surface area contributed by atoms with E-state index in [1.165, 1.54) is 4.41 Å². The minimum Gasteiger partial charge on any atom is -0.376 e. The van der Waals surface area contributed by atoms with Gasteiger partial charge in [0.2, 0.25) is 0 Å². The Morgan fingerprint density at radius 2 is 1.64 bits per heavy atom. The molecule has 5 rings (SSSR count). The van der Waals surface area contributed by atoms with Crippen molar-refractivity contribution in [3.8, 4) is 0 Å². The lowest BCUT2D eigenvalue weighted by molar-refractivity contribution is 0.0718. The number of rotatable bonds is 7. The summed E-state index contributed by atoms with van der Waals surface area (Å²) < 4.78 is 35.2. The van der Waals surface area contributed by atoms with Crippen molar-refractivity contribution < 1.29 is 13.2 Å². The van der Waals surface area contributed by atoms with Crippen LogP contribution in [0.25, 0.3) is 0 Å². The fourth-order valence-corrected chi connectivity index (χ4v) is 6.87. The van der Waals surface area contributed by atoms with Crippen LogP contribution in [0.2, 0.25) is 0 Å². The van der Waals surface area contributed by atoms with Crippen LogP contribution < -0.4 is 0 Å². The highest BCUT2D eigenvalue weighted by molar-refractivity contribution is 7.89. The highest BCUT2D eigenvalue weighted by Gasteiger charge is 2.51. The summed E-state index contributed by atoms with van der Waals surface area (Å²) in [4.78, 5) is 0.268. The lowest BCUT2D eigenvalue weighted by Crippen LogP contribution is -2.49. The first kappa shape index (κ1) is 24.5. The quantitative estimate of drug-likeness (QED) is 0.368. The third kappa shape index (κ3) is 4.88. The van der Waals surface area contributed by atoms with Crippen LogP contribution in [0, 0.1) is 12.8 Å². The van der Waals surface area contributed by atoms with Gasteiger partial charge in [0.1, 0.15) is 0 Å². The van der Waals surface area contributed by atoms with Gasteiger partial charge in [-0.15, -0.1) is 0 Å². The van der Waals surface area contributed by atoms with Crippen LogP contribution in [0.4, 0.5) is 0 Å². The van der Waals surface area contributed by atoms with E-state index in [1.807, 2.05) is 67.6 Å². The molecule has 36 heavy (non-hydrogen) atoms. The van der Waals surface area contributed by atoms with Crippen LogP contribution in [-0.2, 0) is 21.4 Å². The molecular weight excluding hydrogens is 468 g/mol. The van der Waals surface area contributed by atoms with Crippen LogP contribution in [0.5, 0.6) is 0 Å². The molecule has 6 heteroatoms. The summed E-state index contributed by atoms with van der Waals surface area (Å²) in [5.41, 5.74) is 4.30. The first-order valence-corrected chi connectivity index (χ1v) is 13.9. The molecule has 1 fully saturated rings. The molecule has 1 heterocycles. The van der Waals surface area contributed by atoms with Crippen molar-refractivity contribution in [3.63, 3.8) is 0 Å². The van der Waals surface area contributed by atoms with Gasteiger partial charge in [-0.05, 0) is 49.4 Å². The van der Waals surface area contributed by atoms with E-state index >= 15 is 0 Å². The zero-order chi connectivity index (χ0) is 25.2. The Kier molecular flexibility index (Phi) is 6.82. The van der Waals surface area contributed by atoms with Gasteiger partial charge in [-0.3, -0.25) is 0 Å². The normalized spacial score (nSPS) is 22.1. The number of hydrogen-bond acceptors (Lipinski definition) is 4. The molecule has 3 aromatic carbocycles. The maximum Gasteiger partial charge on any atom is 0.279 e. The molecule has 5 nitrogen and oxygen atoms in total. The fraction of sp³-hybridized carbons (Fsp3) is 0.300. The Hall–Kier alpha value is -3.22. The maximum atomic E-state index is 13.9. The molecule has 2 aliphatic rings. The molecule has 0 unspecified atom stereocenters. The van der Waals surface area contributed by atoms with Crippen molar-refractivity contribution in [1.82, 2.24) is 4.41 Å². The van der Waals surface area contributed by atoms with E-state index in [0.29, 0.717) is 32.5 Å². The van der Waals surface area contributed by atoms with Crippen LogP contribution in [0.15, 0.2) is 107 Å². The van der Waals surface area contributed by atoms with Crippen LogP contribution >= 0.6 is 0 Å². The van der Waals surface area contributed by atoms with Crippen LogP contribution in [0.1, 0.15) is 42.4 Å². The average Bonchev–Trinajstić information content (AvgIpc) is 3.26. The molecule has 1 aliphatic heterocycles. The SMILES string of the molecule is C=C1C[C@@]2(CC[C@H]1COCc1ccccc1)CC(c1ccccc1)=NN2S(=O)(=O)c1ccc(C)cc1. The molecular formula is C30H32N2O3S. The molecule has 0 N–H and O–H groups in total. The Labute approximate surface area is 214 Å². The van der Waals surface area contributed by atoms with E-state index in [4.69, 9.17) is 9.84 Å². The number of nitrogens with zero attached hydrogens (tertiary/aromatic N) is 2. The second kappa shape index (κ2) is 10.0. The van der Waals surface area contributed by atoms with Gasteiger partial charge in [-0.1, -0.05) is 90.5 Å². The molecule has 1 saturated carbocycles. The molecule has 0 saturated heterocycles. The Balaban J connectivity index is 1.38. The van der Waals surface area contributed by atoms with E-state index in [-0.39, 0.29) is 10.8 Å². The van der Waals surface area contributed by atoms with Crippen molar-refractivity contribution in [2.24, 2.45) is 11.0 Å². The van der Waals surface area contributed by atoms with E-state index < -0.39 is 15.6 Å². The number of ether oxygens (including phenoxy) is 1. The minimum absolute atomic E-state index is 0.198. The number of aryl methyl sites for hydroxylation is 1. The Bertz CT molecular complexity index is 1350. The molecule has 1 spiro atoms. The predicted molar refractivity (Wildman–Crippen MR) is 143 cm³/mol. The van der Waals surface area contributed by atoms with Gasteiger partial charge in [0.05, 0.1) is 29.4 Å². The van der Waals surface area contributed by atoms with E-state index in [1.54, 1.807) is 12.1 Å². The number of sulfonamides is 1. The van der Waals surface area contributed by atoms with Crippen LogP contribution in [0.3, 0.4) is 0 Å². The summed E-state index contributed by atoms with van der Waals surface area (Å²) in [7, 11) is -3.82. The number of hydrazone groups is 1. The number of benzene rings is 3. The molecule has 0 bridgehead atoms. The zero-order valence-corrected chi connectivity index (χ0v) is 21.5. The van der Waals surface area contributed by atoms with Gasteiger partial charge < -0.3 is 4.74 Å². The standard InChI is InChI=1S/C30H32N2O3S/c1-23-13-15-28(16-14-23)36(33,34)32-30(20-29(31-32)26-11-7-4-8-12-26)18-17-27(24(2)19-30)22-35-21-25-9-5-3-6-10-25/h3-16,27H,2,17-22H2,1H3/t27-,30-/m0/s1. The highest BCUT2D eigenvalue weighted by Crippen LogP contribution is 2.47. The molecule has 0 amide bonds. The van der Waals surface area contributed by atoms with Crippen molar-refractivity contribution in [3.05, 3.63) is 114 Å². The lowest BCUT2D eigenvalue weighted by atomic mass is 9.72. The average molecular weight is 501 g/mol. The van der Waals surface area contributed by atoms with E-state index in [2.05, 4.69) is 18.7 Å². The molecule has 3 aromatic rings. The Morgan fingerprint density at radius 1 is 0.972 bits per heavy atom. The highest BCUT2D eigenvalue weighted by atomic mass is 32.2. The monoisotopic (exact) mass is 500 g/mol. The molecule has 2 atom stereocenters. The molecule has 1 aliphatic carbocycles. The van der Waals surface area contributed by atoms with Crippen molar-refractivity contribution in [1.29, 1.82) is 0 Å². The maximum absolute atomic E-state index is 13.9. The van der Waals surface area contributed by atoms with Gasteiger partial charge >= 0.3 is 0 Å². The summed E-state index contributed by atoms with van der Waals surface area (Å²) in [5.74, 6) is 0.198. The largest absolute Gasteiger partial charge is 0.376 e. The van der Waals surface area contributed by atoms with Gasteiger partial charge in [0.15, 0.2) is 0 Å². The first-order chi connectivity index (χ1) is 17.4. The summed E-state index contributed by atoms with van der Waals surface area (Å²) >= 11 is 0. The fourth-order valence-electron chi connectivity index (χ4n) is 5.25. The molecule has 0 radical (unpaired) electrons. The smallest absolute Gasteiger partial charge is 0.279 e. The number of hydrogen-bond donors (Lipinski definition) is 0. The first-order valence-electron chi connectivity index (χ1n) is 12.4. The molecule has 0 aromatic heterocycles. The summed E-state index contributed by atoms with van der Waals surface area (Å²) in [6.07, 6.45) is 2.65. The third-order valence-electron chi connectivity index (χ3n) is 7.29. The lowest BCUT2D eigenvalue weighted by Gasteiger charge is -2.43. The van der Waals surface area contributed by atoms with Crippen molar-refractivity contribution in [2.75, 3.05) is 6.61 Å². The summed E-state index contributed by atoms with van der Waals surface area (Å²) in [6, 6.07) is 27.0. The van der Waals surface area contributed by atoms with Gasteiger partial charge in [-0.25, -0.2) is 0 Å². The van der Waals surface area contributed by atoms with E-state index in [0.717, 1.165) is 34.4 Å². The second-order valence-corrected chi connectivity index (χ2v) is 11.7. The summed E-state index contributed by atoms with van der Waals surface area (Å²) in [5, 5.41) is 4.76. The van der Waals surface area contributed by atoms with Gasteiger partial charge in [-0.2, -0.15) is 17.9 Å². The predicted octanol–water partition coefficient (Wildman–Crippen LogP) is 6.11. The zero-order valence-electron chi connectivity index (χ0n) is 20.6. The Morgan fingerprint density at radius 3 is 2.31 bits per heavy atom. The minimum atomic E-state index is -3.82. The van der Waals surface area contributed by atoms with Crippen LogP contribution in [-0.4, -0.2) is 30.7 Å². The topological polar surface area (TPSA) is 59.0 Å². The van der Waals surface area contributed by atoms with Gasteiger partial charge in [0.25, 0.3) is 10.0 Å². The van der Waals surface area contributed by atoms with Crippen molar-refractivity contribution in [2.45, 2.75) is 49.6 Å². The second-order valence-electron chi connectivity index (χ2n) is 9.95. The third-order valence-corrected chi connectivity index (χ3v) is 9.08. The molecule has 186 valence electrons.